The van der Waals surface area contributed by atoms with Crippen LogP contribution in [0, 0.1) is 0 Å². The van der Waals surface area contributed by atoms with Crippen LogP contribution < -0.4 is 14.2 Å². The Morgan fingerprint density at radius 1 is 1.20 bits per heavy atom. The number of alkyl halides is 2. The highest BCUT2D eigenvalue weighted by molar-refractivity contribution is 5.94. The standard InChI is InChI=1S/C18H17F2NO4/c1-21(10-14-11-23-15-4-2-3-5-16(15)24-14)17(22)12-6-8-13(9-7-12)25-18(19)20/h2-9,14,18H,10-11H2,1H3/t14-/m0/s1. The highest BCUT2D eigenvalue weighted by Crippen LogP contribution is 2.31. The summed E-state index contributed by atoms with van der Waals surface area (Å²) in [5.74, 6) is 1.09. The molecule has 5 nitrogen and oxygen atoms in total. The van der Waals surface area contributed by atoms with Crippen molar-refractivity contribution in [2.75, 3.05) is 20.2 Å². The lowest BCUT2D eigenvalue weighted by atomic mass is 10.2. The van der Waals surface area contributed by atoms with Crippen molar-refractivity contribution in [2.24, 2.45) is 0 Å². The molecule has 1 amide bonds. The molecule has 25 heavy (non-hydrogen) atoms. The number of para-hydroxylation sites is 2. The van der Waals surface area contributed by atoms with Crippen molar-refractivity contribution in [2.45, 2.75) is 12.7 Å². The van der Waals surface area contributed by atoms with Crippen molar-refractivity contribution in [1.82, 2.24) is 4.90 Å². The third-order valence-corrected chi connectivity index (χ3v) is 3.72. The Morgan fingerprint density at radius 2 is 1.88 bits per heavy atom. The summed E-state index contributed by atoms with van der Waals surface area (Å²) in [6, 6.07) is 12.9. The lowest BCUT2D eigenvalue weighted by molar-refractivity contribution is -0.0498. The summed E-state index contributed by atoms with van der Waals surface area (Å²) in [5, 5.41) is 0. The lowest BCUT2D eigenvalue weighted by Gasteiger charge is -2.29. The second kappa shape index (κ2) is 7.38. The largest absolute Gasteiger partial charge is 0.486 e. The quantitative estimate of drug-likeness (QED) is 0.832. The van der Waals surface area contributed by atoms with E-state index in [0.29, 0.717) is 30.2 Å². The van der Waals surface area contributed by atoms with Gasteiger partial charge in [-0.3, -0.25) is 4.79 Å². The predicted octanol–water partition coefficient (Wildman–Crippen LogP) is 3.20. The van der Waals surface area contributed by atoms with Gasteiger partial charge in [0, 0.05) is 12.6 Å². The van der Waals surface area contributed by atoms with Gasteiger partial charge in [0.15, 0.2) is 17.6 Å². The molecule has 7 heteroatoms. The normalized spacial score (nSPS) is 15.8. The molecule has 0 spiro atoms. The average Bonchev–Trinajstić information content (AvgIpc) is 2.61. The second-order valence-electron chi connectivity index (χ2n) is 5.59. The summed E-state index contributed by atoms with van der Waals surface area (Å²) in [7, 11) is 1.65. The van der Waals surface area contributed by atoms with Gasteiger partial charge < -0.3 is 19.1 Å². The molecule has 0 aliphatic carbocycles. The average molecular weight is 349 g/mol. The first-order chi connectivity index (χ1) is 12.0. The number of nitrogens with zero attached hydrogens (tertiary/aromatic N) is 1. The first-order valence-corrected chi connectivity index (χ1v) is 7.72. The van der Waals surface area contributed by atoms with E-state index in [-0.39, 0.29) is 17.8 Å². The molecule has 0 N–H and O–H groups in total. The van der Waals surface area contributed by atoms with Crippen molar-refractivity contribution < 1.29 is 27.8 Å². The van der Waals surface area contributed by atoms with Crippen molar-refractivity contribution in [3.63, 3.8) is 0 Å². The molecule has 0 bridgehead atoms. The minimum atomic E-state index is -2.89. The number of rotatable bonds is 5. The minimum absolute atomic E-state index is 0.00910. The zero-order valence-electron chi connectivity index (χ0n) is 13.5. The van der Waals surface area contributed by atoms with Crippen molar-refractivity contribution in [1.29, 1.82) is 0 Å². The molecule has 2 aromatic carbocycles. The molecule has 0 radical (unpaired) electrons. The maximum Gasteiger partial charge on any atom is 0.387 e. The summed E-state index contributed by atoms with van der Waals surface area (Å²) in [4.78, 5) is 13.9. The summed E-state index contributed by atoms with van der Waals surface area (Å²) in [6.07, 6.45) is -0.287. The molecular formula is C18H17F2NO4. The molecule has 0 saturated heterocycles. The van der Waals surface area contributed by atoms with E-state index >= 15 is 0 Å². The van der Waals surface area contributed by atoms with E-state index in [4.69, 9.17) is 9.47 Å². The Balaban J connectivity index is 1.59. The molecule has 132 valence electrons. The molecule has 1 aliphatic heterocycles. The van der Waals surface area contributed by atoms with Crippen LogP contribution in [0.1, 0.15) is 10.4 Å². The Hall–Kier alpha value is -2.83. The van der Waals surface area contributed by atoms with Gasteiger partial charge in [0.2, 0.25) is 0 Å². The van der Waals surface area contributed by atoms with Gasteiger partial charge in [0.1, 0.15) is 12.4 Å². The summed E-state index contributed by atoms with van der Waals surface area (Å²) >= 11 is 0. The van der Waals surface area contributed by atoms with E-state index in [1.165, 1.54) is 29.2 Å². The smallest absolute Gasteiger partial charge is 0.387 e. The van der Waals surface area contributed by atoms with E-state index in [1.54, 1.807) is 7.05 Å². The van der Waals surface area contributed by atoms with Crippen LogP contribution in [0.15, 0.2) is 48.5 Å². The third kappa shape index (κ3) is 4.17. The Kier molecular flexibility index (Phi) is 5.02. The first-order valence-electron chi connectivity index (χ1n) is 7.72. The number of benzene rings is 2. The third-order valence-electron chi connectivity index (χ3n) is 3.72. The number of hydrogen-bond donors (Lipinski definition) is 0. The van der Waals surface area contributed by atoms with Gasteiger partial charge in [0.05, 0.1) is 6.54 Å². The summed E-state index contributed by atoms with van der Waals surface area (Å²) < 4.78 is 40.0. The van der Waals surface area contributed by atoms with Crippen molar-refractivity contribution in [3.05, 3.63) is 54.1 Å². The van der Waals surface area contributed by atoms with Gasteiger partial charge in [-0.25, -0.2) is 0 Å². The minimum Gasteiger partial charge on any atom is -0.486 e. The number of carbonyl (C=O) groups excluding carboxylic acids is 1. The van der Waals surface area contributed by atoms with Gasteiger partial charge in [-0.1, -0.05) is 12.1 Å². The maximum absolute atomic E-state index is 12.4. The maximum atomic E-state index is 12.4. The molecule has 1 heterocycles. The number of carbonyl (C=O) groups is 1. The van der Waals surface area contributed by atoms with Gasteiger partial charge in [-0.05, 0) is 36.4 Å². The van der Waals surface area contributed by atoms with Crippen LogP contribution >= 0.6 is 0 Å². The molecule has 3 rings (SSSR count). The Bertz CT molecular complexity index is 736. The number of amides is 1. The van der Waals surface area contributed by atoms with Crippen molar-refractivity contribution in [3.8, 4) is 17.2 Å². The van der Waals surface area contributed by atoms with E-state index < -0.39 is 6.61 Å². The van der Waals surface area contributed by atoms with E-state index in [2.05, 4.69) is 4.74 Å². The highest BCUT2D eigenvalue weighted by Gasteiger charge is 2.24. The van der Waals surface area contributed by atoms with Crippen LogP contribution in [-0.2, 0) is 0 Å². The fraction of sp³-hybridized carbons (Fsp3) is 0.278. The molecule has 1 aliphatic rings. The van der Waals surface area contributed by atoms with E-state index in [1.807, 2.05) is 24.3 Å². The van der Waals surface area contributed by atoms with Crippen LogP contribution in [0.5, 0.6) is 17.2 Å². The van der Waals surface area contributed by atoms with Gasteiger partial charge >= 0.3 is 6.61 Å². The van der Waals surface area contributed by atoms with Gasteiger partial charge in [-0.15, -0.1) is 0 Å². The molecular weight excluding hydrogens is 332 g/mol. The van der Waals surface area contributed by atoms with Gasteiger partial charge in [0.25, 0.3) is 5.91 Å². The number of likely N-dealkylation sites (N-methyl/N-ethyl adjacent to an activating group) is 1. The summed E-state index contributed by atoms with van der Waals surface area (Å²) in [6.45, 7) is -2.21. The Labute approximate surface area is 143 Å². The van der Waals surface area contributed by atoms with Crippen LogP contribution in [0.4, 0.5) is 8.78 Å². The van der Waals surface area contributed by atoms with Gasteiger partial charge in [-0.2, -0.15) is 8.78 Å². The number of halogens is 2. The van der Waals surface area contributed by atoms with E-state index in [0.717, 1.165) is 0 Å². The van der Waals surface area contributed by atoms with Crippen LogP contribution in [0.2, 0.25) is 0 Å². The van der Waals surface area contributed by atoms with Crippen molar-refractivity contribution >= 4 is 5.91 Å². The SMILES string of the molecule is CN(C[C@H]1COc2ccccc2O1)C(=O)c1ccc(OC(F)F)cc1. The molecule has 0 saturated carbocycles. The topological polar surface area (TPSA) is 48.0 Å². The highest BCUT2D eigenvalue weighted by atomic mass is 19.3. The summed E-state index contributed by atoms with van der Waals surface area (Å²) in [5.41, 5.74) is 0.376. The molecule has 2 aromatic rings. The fourth-order valence-electron chi connectivity index (χ4n) is 2.54. The second-order valence-corrected chi connectivity index (χ2v) is 5.59. The molecule has 0 fully saturated rings. The fourth-order valence-corrected chi connectivity index (χ4v) is 2.54. The van der Waals surface area contributed by atoms with Crippen LogP contribution in [0.3, 0.4) is 0 Å². The zero-order valence-corrected chi connectivity index (χ0v) is 13.5. The number of fused-ring (bicyclic) bond motifs is 1. The number of ether oxygens (including phenoxy) is 3. The monoisotopic (exact) mass is 349 g/mol. The zero-order chi connectivity index (χ0) is 17.8. The van der Waals surface area contributed by atoms with Crippen LogP contribution in [0.25, 0.3) is 0 Å². The molecule has 0 aromatic heterocycles. The van der Waals surface area contributed by atoms with Crippen LogP contribution in [-0.4, -0.2) is 43.7 Å². The Morgan fingerprint density at radius 3 is 2.56 bits per heavy atom. The van der Waals surface area contributed by atoms with E-state index in [9.17, 15) is 13.6 Å². The number of hydrogen-bond acceptors (Lipinski definition) is 4. The predicted molar refractivity (Wildman–Crippen MR) is 86.4 cm³/mol. The molecule has 1 atom stereocenters. The molecule has 0 unspecified atom stereocenters. The first kappa shape index (κ1) is 17.0. The lowest BCUT2D eigenvalue weighted by Crippen LogP contribution is -2.41.